The SMILES string of the molecule is CCCOc1ccc(C(C)NC(=O)CC2Sc3ccc(Cl)cc3NC2=O)cc1OC. The monoisotopic (exact) mass is 448 g/mol. The Morgan fingerprint density at radius 3 is 2.80 bits per heavy atom. The summed E-state index contributed by atoms with van der Waals surface area (Å²) in [4.78, 5) is 25.9. The Kier molecular flexibility index (Phi) is 7.50. The minimum atomic E-state index is -0.495. The molecule has 2 aromatic rings. The fraction of sp³-hybridized carbons (Fsp3) is 0.364. The molecule has 0 saturated carbocycles. The van der Waals surface area contributed by atoms with E-state index in [0.717, 1.165) is 16.9 Å². The molecule has 1 aliphatic heterocycles. The molecule has 3 rings (SSSR count). The van der Waals surface area contributed by atoms with Crippen LogP contribution in [-0.4, -0.2) is 30.8 Å². The molecule has 1 aliphatic rings. The van der Waals surface area contributed by atoms with Gasteiger partial charge in [0.25, 0.3) is 0 Å². The number of carbonyl (C=O) groups excluding carboxylic acids is 2. The normalized spacial score (nSPS) is 16.3. The van der Waals surface area contributed by atoms with Crippen LogP contribution in [0.15, 0.2) is 41.3 Å². The molecule has 0 spiro atoms. The van der Waals surface area contributed by atoms with E-state index in [9.17, 15) is 9.59 Å². The molecule has 6 nitrogen and oxygen atoms in total. The van der Waals surface area contributed by atoms with Gasteiger partial charge in [-0.25, -0.2) is 0 Å². The van der Waals surface area contributed by atoms with Gasteiger partial charge in [-0.15, -0.1) is 11.8 Å². The van der Waals surface area contributed by atoms with E-state index < -0.39 is 5.25 Å². The molecule has 0 bridgehead atoms. The first kappa shape index (κ1) is 22.3. The maximum Gasteiger partial charge on any atom is 0.238 e. The summed E-state index contributed by atoms with van der Waals surface area (Å²) in [7, 11) is 1.59. The number of methoxy groups -OCH3 is 1. The maximum atomic E-state index is 12.6. The summed E-state index contributed by atoms with van der Waals surface area (Å²) in [6.45, 7) is 4.54. The molecule has 160 valence electrons. The molecule has 30 heavy (non-hydrogen) atoms. The highest BCUT2D eigenvalue weighted by molar-refractivity contribution is 8.01. The summed E-state index contributed by atoms with van der Waals surface area (Å²) in [6, 6.07) is 10.7. The molecule has 2 amide bonds. The van der Waals surface area contributed by atoms with Crippen LogP contribution in [0.25, 0.3) is 0 Å². The smallest absolute Gasteiger partial charge is 0.238 e. The zero-order chi connectivity index (χ0) is 21.7. The van der Waals surface area contributed by atoms with Crippen LogP contribution < -0.4 is 20.1 Å². The Balaban J connectivity index is 1.62. The number of ether oxygens (including phenoxy) is 2. The first-order valence-electron chi connectivity index (χ1n) is 9.78. The minimum Gasteiger partial charge on any atom is -0.493 e. The lowest BCUT2D eigenvalue weighted by atomic mass is 10.1. The first-order valence-corrected chi connectivity index (χ1v) is 11.0. The van der Waals surface area contributed by atoms with Gasteiger partial charge < -0.3 is 20.1 Å². The zero-order valence-corrected chi connectivity index (χ0v) is 18.7. The number of hydrogen-bond donors (Lipinski definition) is 2. The Morgan fingerprint density at radius 2 is 2.07 bits per heavy atom. The van der Waals surface area contributed by atoms with Crippen LogP contribution >= 0.6 is 23.4 Å². The van der Waals surface area contributed by atoms with Crippen LogP contribution in [0, 0.1) is 0 Å². The van der Waals surface area contributed by atoms with Gasteiger partial charge in [-0.3, -0.25) is 9.59 Å². The van der Waals surface area contributed by atoms with Gasteiger partial charge in [0.2, 0.25) is 11.8 Å². The van der Waals surface area contributed by atoms with Crippen molar-refractivity contribution in [3.63, 3.8) is 0 Å². The maximum absolute atomic E-state index is 12.6. The molecular formula is C22H25ClN2O4S. The van der Waals surface area contributed by atoms with Crippen molar-refractivity contribution in [1.82, 2.24) is 5.32 Å². The topological polar surface area (TPSA) is 76.7 Å². The van der Waals surface area contributed by atoms with E-state index in [4.69, 9.17) is 21.1 Å². The number of fused-ring (bicyclic) bond motifs is 1. The van der Waals surface area contributed by atoms with Crippen molar-refractivity contribution in [3.05, 3.63) is 47.0 Å². The molecule has 0 fully saturated rings. The van der Waals surface area contributed by atoms with Crippen molar-refractivity contribution < 1.29 is 19.1 Å². The lowest BCUT2D eigenvalue weighted by Gasteiger charge is -2.24. The van der Waals surface area contributed by atoms with E-state index in [1.807, 2.05) is 38.1 Å². The van der Waals surface area contributed by atoms with Gasteiger partial charge in [-0.1, -0.05) is 24.6 Å². The van der Waals surface area contributed by atoms with Gasteiger partial charge >= 0.3 is 0 Å². The Bertz CT molecular complexity index is 937. The molecule has 0 saturated heterocycles. The third-order valence-corrected chi connectivity index (χ3v) is 6.17. The Morgan fingerprint density at radius 1 is 1.27 bits per heavy atom. The largest absolute Gasteiger partial charge is 0.493 e. The van der Waals surface area contributed by atoms with Crippen molar-refractivity contribution in [2.45, 2.75) is 42.9 Å². The fourth-order valence-corrected chi connectivity index (χ4v) is 4.36. The van der Waals surface area contributed by atoms with E-state index in [0.29, 0.717) is 28.8 Å². The number of hydrogen-bond acceptors (Lipinski definition) is 5. The highest BCUT2D eigenvalue weighted by Gasteiger charge is 2.29. The average molecular weight is 449 g/mol. The molecule has 0 radical (unpaired) electrons. The van der Waals surface area contributed by atoms with Crippen LogP contribution in [0.2, 0.25) is 5.02 Å². The number of benzene rings is 2. The van der Waals surface area contributed by atoms with Gasteiger partial charge in [0.05, 0.1) is 30.7 Å². The summed E-state index contributed by atoms with van der Waals surface area (Å²) in [5, 5.41) is 5.85. The number of thioether (sulfide) groups is 1. The Hall–Kier alpha value is -2.38. The van der Waals surface area contributed by atoms with Crippen molar-refractivity contribution in [2.24, 2.45) is 0 Å². The second-order valence-corrected chi connectivity index (χ2v) is 8.67. The molecule has 1 heterocycles. The highest BCUT2D eigenvalue weighted by Crippen LogP contribution is 2.38. The molecule has 2 atom stereocenters. The minimum absolute atomic E-state index is 0.0811. The van der Waals surface area contributed by atoms with Crippen LogP contribution in [0.3, 0.4) is 0 Å². The van der Waals surface area contributed by atoms with Crippen molar-refractivity contribution in [2.75, 3.05) is 19.0 Å². The third kappa shape index (κ3) is 5.40. The predicted octanol–water partition coefficient (Wildman–Crippen LogP) is 4.82. The molecule has 2 aromatic carbocycles. The number of nitrogens with one attached hydrogen (secondary N) is 2. The lowest BCUT2D eigenvalue weighted by molar-refractivity contribution is -0.124. The van der Waals surface area contributed by atoms with Crippen molar-refractivity contribution >= 4 is 40.9 Å². The molecule has 0 aromatic heterocycles. The van der Waals surface area contributed by atoms with Gasteiger partial charge in [0, 0.05) is 16.3 Å². The second kappa shape index (κ2) is 10.1. The molecule has 2 unspecified atom stereocenters. The van der Waals surface area contributed by atoms with Gasteiger partial charge in [-0.2, -0.15) is 0 Å². The number of amides is 2. The highest BCUT2D eigenvalue weighted by atomic mass is 35.5. The van der Waals surface area contributed by atoms with Crippen molar-refractivity contribution in [1.29, 1.82) is 0 Å². The van der Waals surface area contributed by atoms with E-state index in [1.54, 1.807) is 19.2 Å². The van der Waals surface area contributed by atoms with Gasteiger partial charge in [-0.05, 0) is 49.2 Å². The summed E-state index contributed by atoms with van der Waals surface area (Å²) in [5.41, 5.74) is 1.57. The van der Waals surface area contributed by atoms with Crippen LogP contribution in [0.1, 0.15) is 38.3 Å². The lowest BCUT2D eigenvalue weighted by Crippen LogP contribution is -2.35. The van der Waals surface area contributed by atoms with Gasteiger partial charge in [0.1, 0.15) is 0 Å². The van der Waals surface area contributed by atoms with Crippen LogP contribution in [0.4, 0.5) is 5.69 Å². The van der Waals surface area contributed by atoms with E-state index in [2.05, 4.69) is 10.6 Å². The third-order valence-electron chi connectivity index (χ3n) is 4.66. The standard InChI is InChI=1S/C22H25ClN2O4S/c1-4-9-29-17-7-5-14(10-18(17)28-3)13(2)24-21(26)12-20-22(27)25-16-11-15(23)6-8-19(16)30-20/h5-8,10-11,13,20H,4,9,12H2,1-3H3,(H,24,26)(H,25,27). The number of rotatable bonds is 8. The van der Waals surface area contributed by atoms with Gasteiger partial charge in [0.15, 0.2) is 11.5 Å². The molecule has 2 N–H and O–H groups in total. The molecular weight excluding hydrogens is 424 g/mol. The van der Waals surface area contributed by atoms with E-state index in [-0.39, 0.29) is 24.3 Å². The summed E-state index contributed by atoms with van der Waals surface area (Å²) in [6.07, 6.45) is 0.985. The second-order valence-electron chi connectivity index (χ2n) is 6.99. The van der Waals surface area contributed by atoms with Crippen LogP contribution in [0.5, 0.6) is 11.5 Å². The number of anilines is 1. The van der Waals surface area contributed by atoms with E-state index in [1.165, 1.54) is 11.8 Å². The molecule has 8 heteroatoms. The first-order chi connectivity index (χ1) is 14.4. The summed E-state index contributed by atoms with van der Waals surface area (Å²) in [5.74, 6) is 0.907. The summed E-state index contributed by atoms with van der Waals surface area (Å²) >= 11 is 7.35. The zero-order valence-electron chi connectivity index (χ0n) is 17.2. The quantitative estimate of drug-likeness (QED) is 0.605. The molecule has 0 aliphatic carbocycles. The van der Waals surface area contributed by atoms with Crippen molar-refractivity contribution in [3.8, 4) is 11.5 Å². The van der Waals surface area contributed by atoms with E-state index >= 15 is 0 Å². The average Bonchev–Trinajstić information content (AvgIpc) is 2.72. The van der Waals surface area contributed by atoms with Crippen LogP contribution in [-0.2, 0) is 9.59 Å². The fourth-order valence-electron chi connectivity index (χ4n) is 3.09. The summed E-state index contributed by atoms with van der Waals surface area (Å²) < 4.78 is 11.1. The number of halogens is 1. The Labute approximate surface area is 185 Å². The predicted molar refractivity (Wildman–Crippen MR) is 120 cm³/mol. The number of carbonyl (C=O) groups is 2.